The standard InChI is InChI=1S/C7H5IOS/c1-9-7-5-10-4-6(7)2-3-8/h4-5H,1H3. The summed E-state index contributed by atoms with van der Waals surface area (Å²) in [4.78, 5) is 0. The van der Waals surface area contributed by atoms with Gasteiger partial charge < -0.3 is 4.74 Å². The summed E-state index contributed by atoms with van der Waals surface area (Å²) in [6, 6.07) is 0. The van der Waals surface area contributed by atoms with Gasteiger partial charge in [-0.15, -0.1) is 11.3 Å². The Labute approximate surface area is 77.5 Å². The van der Waals surface area contributed by atoms with E-state index in [0.717, 1.165) is 11.3 Å². The Morgan fingerprint density at radius 2 is 2.40 bits per heavy atom. The molecular formula is C7H5IOS. The predicted octanol–water partition coefficient (Wildman–Crippen LogP) is 2.50. The summed E-state index contributed by atoms with van der Waals surface area (Å²) in [7, 11) is 1.65. The van der Waals surface area contributed by atoms with Gasteiger partial charge in [0.15, 0.2) is 0 Å². The first-order valence-electron chi connectivity index (χ1n) is 2.60. The average Bonchev–Trinajstić information content (AvgIpc) is 2.36. The van der Waals surface area contributed by atoms with Crippen LogP contribution in [0.2, 0.25) is 0 Å². The SMILES string of the molecule is COc1cscc1C#CI. The minimum atomic E-state index is 0.870. The molecule has 1 aromatic rings. The van der Waals surface area contributed by atoms with Crippen molar-refractivity contribution in [3.8, 4) is 15.6 Å². The van der Waals surface area contributed by atoms with Crippen molar-refractivity contribution in [3.63, 3.8) is 0 Å². The Hall–Kier alpha value is -0.210. The van der Waals surface area contributed by atoms with E-state index < -0.39 is 0 Å². The lowest BCUT2D eigenvalue weighted by atomic mass is 10.3. The van der Waals surface area contributed by atoms with Crippen LogP contribution in [0.1, 0.15) is 5.56 Å². The highest BCUT2D eigenvalue weighted by molar-refractivity contribution is 14.1. The third-order valence-corrected chi connectivity index (χ3v) is 2.02. The summed E-state index contributed by atoms with van der Waals surface area (Å²) in [6.07, 6.45) is 0. The van der Waals surface area contributed by atoms with E-state index in [1.54, 1.807) is 18.4 Å². The molecule has 0 bridgehead atoms. The molecule has 3 heteroatoms. The van der Waals surface area contributed by atoms with Gasteiger partial charge in [-0.2, -0.15) is 0 Å². The molecule has 0 fully saturated rings. The fourth-order valence-corrected chi connectivity index (χ4v) is 1.60. The van der Waals surface area contributed by atoms with E-state index in [2.05, 4.69) is 9.85 Å². The summed E-state index contributed by atoms with van der Waals surface area (Å²) in [5.41, 5.74) is 0.974. The molecule has 0 aromatic carbocycles. The van der Waals surface area contributed by atoms with Crippen LogP contribution in [-0.4, -0.2) is 7.11 Å². The van der Waals surface area contributed by atoms with Gasteiger partial charge in [0.25, 0.3) is 0 Å². The second-order valence-electron chi connectivity index (χ2n) is 1.57. The molecule has 0 amide bonds. The van der Waals surface area contributed by atoms with Crippen LogP contribution in [0.4, 0.5) is 0 Å². The van der Waals surface area contributed by atoms with E-state index >= 15 is 0 Å². The number of hydrogen-bond acceptors (Lipinski definition) is 2. The molecule has 0 spiro atoms. The normalized spacial score (nSPS) is 8.20. The van der Waals surface area contributed by atoms with Crippen molar-refractivity contribution in [2.45, 2.75) is 0 Å². The molecule has 0 N–H and O–H groups in total. The maximum Gasteiger partial charge on any atom is 0.145 e. The summed E-state index contributed by atoms with van der Waals surface area (Å²) in [6.45, 7) is 0. The second kappa shape index (κ2) is 3.84. The molecule has 0 radical (unpaired) electrons. The number of rotatable bonds is 1. The van der Waals surface area contributed by atoms with E-state index in [1.165, 1.54) is 0 Å². The third kappa shape index (κ3) is 1.64. The van der Waals surface area contributed by atoms with Crippen molar-refractivity contribution >= 4 is 33.9 Å². The van der Waals surface area contributed by atoms with Gasteiger partial charge >= 0.3 is 0 Å². The number of methoxy groups -OCH3 is 1. The molecular weight excluding hydrogens is 259 g/mol. The van der Waals surface area contributed by atoms with Gasteiger partial charge in [0, 0.05) is 33.4 Å². The van der Waals surface area contributed by atoms with Crippen molar-refractivity contribution in [3.05, 3.63) is 16.3 Å². The van der Waals surface area contributed by atoms with E-state index in [9.17, 15) is 0 Å². The Balaban J connectivity index is 2.97. The van der Waals surface area contributed by atoms with Gasteiger partial charge in [0.05, 0.1) is 12.7 Å². The predicted molar refractivity (Wildman–Crippen MR) is 51.8 cm³/mol. The maximum absolute atomic E-state index is 5.04. The first-order valence-corrected chi connectivity index (χ1v) is 4.62. The van der Waals surface area contributed by atoms with Gasteiger partial charge in [-0.05, 0) is 3.93 Å². The average molecular weight is 264 g/mol. The molecule has 0 atom stereocenters. The van der Waals surface area contributed by atoms with Crippen molar-refractivity contribution < 1.29 is 4.74 Å². The highest BCUT2D eigenvalue weighted by Gasteiger charge is 1.97. The lowest BCUT2D eigenvalue weighted by Crippen LogP contribution is -1.80. The molecule has 1 aromatic heterocycles. The zero-order chi connectivity index (χ0) is 7.40. The smallest absolute Gasteiger partial charge is 0.145 e. The molecule has 0 aliphatic rings. The lowest BCUT2D eigenvalue weighted by Gasteiger charge is -1.92. The molecule has 1 rings (SSSR count). The zero-order valence-corrected chi connectivity index (χ0v) is 8.32. The van der Waals surface area contributed by atoms with Crippen LogP contribution < -0.4 is 4.74 Å². The number of thiophene rings is 1. The lowest BCUT2D eigenvalue weighted by molar-refractivity contribution is 0.415. The van der Waals surface area contributed by atoms with E-state index in [0.29, 0.717) is 0 Å². The minimum absolute atomic E-state index is 0.870. The molecule has 10 heavy (non-hydrogen) atoms. The zero-order valence-electron chi connectivity index (χ0n) is 5.35. The van der Waals surface area contributed by atoms with Crippen molar-refractivity contribution in [2.24, 2.45) is 0 Å². The maximum atomic E-state index is 5.04. The van der Waals surface area contributed by atoms with Crippen LogP contribution in [0.25, 0.3) is 0 Å². The number of ether oxygens (including phenoxy) is 1. The van der Waals surface area contributed by atoms with Crippen LogP contribution >= 0.6 is 33.9 Å². The minimum Gasteiger partial charge on any atom is -0.495 e. The van der Waals surface area contributed by atoms with E-state index in [1.807, 2.05) is 33.4 Å². The molecule has 1 heterocycles. The van der Waals surface area contributed by atoms with Gasteiger partial charge in [-0.3, -0.25) is 0 Å². The first-order chi connectivity index (χ1) is 4.88. The molecule has 0 aliphatic heterocycles. The van der Waals surface area contributed by atoms with E-state index in [4.69, 9.17) is 4.74 Å². The third-order valence-electron chi connectivity index (χ3n) is 1.03. The van der Waals surface area contributed by atoms with Crippen LogP contribution in [0, 0.1) is 9.85 Å². The van der Waals surface area contributed by atoms with Crippen molar-refractivity contribution in [2.75, 3.05) is 7.11 Å². The van der Waals surface area contributed by atoms with Gasteiger partial charge in [0.1, 0.15) is 5.75 Å². The molecule has 0 unspecified atom stereocenters. The summed E-state index contributed by atoms with van der Waals surface area (Å²) < 4.78 is 7.83. The van der Waals surface area contributed by atoms with Crippen LogP contribution in [0.3, 0.4) is 0 Å². The Bertz CT molecular complexity index is 269. The van der Waals surface area contributed by atoms with Gasteiger partial charge in [-0.1, -0.05) is 5.92 Å². The Morgan fingerprint density at radius 3 is 3.00 bits per heavy atom. The first kappa shape index (κ1) is 7.89. The quantitative estimate of drug-likeness (QED) is 0.559. The van der Waals surface area contributed by atoms with E-state index in [-0.39, 0.29) is 0 Å². The molecule has 0 saturated heterocycles. The molecule has 52 valence electrons. The highest BCUT2D eigenvalue weighted by atomic mass is 127. The van der Waals surface area contributed by atoms with Crippen LogP contribution in [0.15, 0.2) is 10.8 Å². The second-order valence-corrected chi connectivity index (χ2v) is 2.86. The fraction of sp³-hybridized carbons (Fsp3) is 0.143. The molecule has 0 aliphatic carbocycles. The topological polar surface area (TPSA) is 9.23 Å². The van der Waals surface area contributed by atoms with Gasteiger partial charge in [-0.25, -0.2) is 0 Å². The summed E-state index contributed by atoms with van der Waals surface area (Å²) in [5.74, 6) is 3.80. The number of halogens is 1. The largest absolute Gasteiger partial charge is 0.495 e. The summed E-state index contributed by atoms with van der Waals surface area (Å²) >= 11 is 3.61. The van der Waals surface area contributed by atoms with Crippen molar-refractivity contribution in [1.82, 2.24) is 0 Å². The van der Waals surface area contributed by atoms with Crippen molar-refractivity contribution in [1.29, 1.82) is 0 Å². The Kier molecular flexibility index (Phi) is 3.03. The number of hydrogen-bond donors (Lipinski definition) is 0. The molecule has 0 saturated carbocycles. The van der Waals surface area contributed by atoms with Crippen LogP contribution in [0.5, 0.6) is 5.75 Å². The molecule has 1 nitrogen and oxygen atoms in total. The van der Waals surface area contributed by atoms with Gasteiger partial charge in [0.2, 0.25) is 0 Å². The monoisotopic (exact) mass is 264 g/mol. The van der Waals surface area contributed by atoms with Crippen LogP contribution in [-0.2, 0) is 0 Å². The highest BCUT2D eigenvalue weighted by Crippen LogP contribution is 2.21. The summed E-state index contributed by atoms with van der Waals surface area (Å²) in [5, 5.41) is 3.92. The Morgan fingerprint density at radius 1 is 1.60 bits per heavy atom. The fourth-order valence-electron chi connectivity index (χ4n) is 0.585.